The van der Waals surface area contributed by atoms with Crippen LogP contribution < -0.4 is 5.32 Å². The summed E-state index contributed by atoms with van der Waals surface area (Å²) < 4.78 is 5.40. The normalized spacial score (nSPS) is 31.9. The number of aliphatic imine (C=N–C) groups is 1. The molecule has 3 aliphatic heterocycles. The Morgan fingerprint density at radius 2 is 2.15 bits per heavy atom. The monoisotopic (exact) mass is 297 g/mol. The molecule has 3 heterocycles. The lowest BCUT2D eigenvalue weighted by Gasteiger charge is -2.32. The maximum Gasteiger partial charge on any atom is 0.253 e. The summed E-state index contributed by atoms with van der Waals surface area (Å²) in [5.74, 6) is 0.675. The zero-order chi connectivity index (χ0) is 14.2. The van der Waals surface area contributed by atoms with Gasteiger partial charge in [-0.3, -0.25) is 14.5 Å². The van der Waals surface area contributed by atoms with E-state index in [9.17, 15) is 9.59 Å². The number of imide groups is 1. The van der Waals surface area contributed by atoms with Crippen molar-refractivity contribution in [2.75, 3.05) is 26.0 Å². The maximum absolute atomic E-state index is 12.0. The van der Waals surface area contributed by atoms with Crippen LogP contribution in [0.4, 0.5) is 0 Å². The molecule has 1 spiro atoms. The van der Waals surface area contributed by atoms with Gasteiger partial charge in [0, 0.05) is 32.4 Å². The molecular formula is C13H19N3O3S. The number of nitrogens with one attached hydrogen (secondary N) is 1. The molecule has 110 valence electrons. The third-order valence-corrected chi connectivity index (χ3v) is 5.38. The van der Waals surface area contributed by atoms with Crippen LogP contribution >= 0.6 is 11.8 Å². The number of thioether (sulfide) groups is 1. The second-order valence-electron chi connectivity index (χ2n) is 5.59. The van der Waals surface area contributed by atoms with Gasteiger partial charge in [-0.05, 0) is 19.3 Å². The summed E-state index contributed by atoms with van der Waals surface area (Å²) in [7, 11) is 1.53. The number of nitrogens with zero attached hydrogens (tertiary/aromatic N) is 2. The molecule has 3 rings (SSSR count). The summed E-state index contributed by atoms with van der Waals surface area (Å²) in [4.78, 5) is 29.2. The van der Waals surface area contributed by atoms with Crippen molar-refractivity contribution in [1.82, 2.24) is 10.2 Å². The first-order valence-electron chi connectivity index (χ1n) is 6.97. The number of piperidine rings is 1. The number of likely N-dealkylation sites (tertiary alicyclic amines) is 1. The van der Waals surface area contributed by atoms with E-state index in [-0.39, 0.29) is 17.4 Å². The lowest BCUT2D eigenvalue weighted by atomic mass is 9.93. The molecule has 3 saturated heterocycles. The van der Waals surface area contributed by atoms with Gasteiger partial charge in [-0.1, -0.05) is 11.8 Å². The lowest BCUT2D eigenvalue weighted by Crippen LogP contribution is -2.49. The molecule has 6 nitrogen and oxygen atoms in total. The van der Waals surface area contributed by atoms with Crippen LogP contribution in [-0.4, -0.2) is 59.5 Å². The number of amides is 2. The highest BCUT2D eigenvalue weighted by molar-refractivity contribution is 8.14. The fourth-order valence-electron chi connectivity index (χ4n) is 2.77. The van der Waals surface area contributed by atoms with Gasteiger partial charge in [0.2, 0.25) is 5.91 Å². The molecule has 0 aromatic rings. The molecule has 1 N–H and O–H groups in total. The highest BCUT2D eigenvalue weighted by Gasteiger charge is 2.40. The van der Waals surface area contributed by atoms with Gasteiger partial charge in [0.05, 0.1) is 5.54 Å². The summed E-state index contributed by atoms with van der Waals surface area (Å²) in [6.07, 6.45) is 2.88. The van der Waals surface area contributed by atoms with E-state index in [0.717, 1.165) is 37.0 Å². The van der Waals surface area contributed by atoms with Crippen molar-refractivity contribution in [2.24, 2.45) is 4.99 Å². The fraction of sp³-hybridized carbons (Fsp3) is 0.769. The van der Waals surface area contributed by atoms with Crippen LogP contribution in [0.5, 0.6) is 0 Å². The first-order chi connectivity index (χ1) is 9.60. The molecule has 2 amide bonds. The fourth-order valence-corrected chi connectivity index (χ4v) is 4.03. The average Bonchev–Trinajstić information content (AvgIpc) is 2.83. The Bertz CT molecular complexity index is 460. The number of ether oxygens (including phenoxy) is 1. The third-order valence-electron chi connectivity index (χ3n) is 4.20. The molecule has 1 unspecified atom stereocenters. The number of likely N-dealkylation sites (N-methyl/N-ethyl adjacent to an activating group) is 1. The van der Waals surface area contributed by atoms with Crippen LogP contribution in [0.15, 0.2) is 4.99 Å². The Kier molecular flexibility index (Phi) is 3.72. The number of rotatable bonds is 1. The van der Waals surface area contributed by atoms with Crippen molar-refractivity contribution in [3.63, 3.8) is 0 Å². The molecule has 20 heavy (non-hydrogen) atoms. The van der Waals surface area contributed by atoms with E-state index in [1.165, 1.54) is 11.9 Å². The topological polar surface area (TPSA) is 71.0 Å². The predicted octanol–water partition coefficient (Wildman–Crippen LogP) is 0.375. The van der Waals surface area contributed by atoms with Gasteiger partial charge in [-0.25, -0.2) is 4.99 Å². The van der Waals surface area contributed by atoms with Crippen LogP contribution in [0.25, 0.3) is 0 Å². The van der Waals surface area contributed by atoms with E-state index in [1.807, 2.05) is 0 Å². The molecule has 0 radical (unpaired) electrons. The number of amidine groups is 1. The van der Waals surface area contributed by atoms with Gasteiger partial charge in [-0.2, -0.15) is 0 Å². The quantitative estimate of drug-likeness (QED) is 0.708. The molecule has 3 aliphatic rings. The van der Waals surface area contributed by atoms with Crippen LogP contribution in [0.2, 0.25) is 0 Å². The Hall–Kier alpha value is -1.08. The SMILES string of the molecule is CN1C(=O)CCC(N=C2NC3(CCOCC3)CS2)C1=O. The Labute approximate surface area is 122 Å². The van der Waals surface area contributed by atoms with E-state index < -0.39 is 6.04 Å². The van der Waals surface area contributed by atoms with Crippen molar-refractivity contribution < 1.29 is 14.3 Å². The Morgan fingerprint density at radius 1 is 1.40 bits per heavy atom. The van der Waals surface area contributed by atoms with Crippen molar-refractivity contribution >= 4 is 28.7 Å². The molecule has 1 atom stereocenters. The van der Waals surface area contributed by atoms with Gasteiger partial charge in [0.25, 0.3) is 5.91 Å². The first kappa shape index (κ1) is 13.9. The predicted molar refractivity (Wildman–Crippen MR) is 76.6 cm³/mol. The molecule has 0 bridgehead atoms. The minimum absolute atomic E-state index is 0.0845. The minimum Gasteiger partial charge on any atom is -0.381 e. The van der Waals surface area contributed by atoms with E-state index in [0.29, 0.717) is 12.8 Å². The smallest absolute Gasteiger partial charge is 0.253 e. The Morgan fingerprint density at radius 3 is 2.90 bits per heavy atom. The first-order valence-corrected chi connectivity index (χ1v) is 7.95. The Balaban J connectivity index is 1.68. The summed E-state index contributed by atoms with van der Waals surface area (Å²) in [5.41, 5.74) is 0.0845. The van der Waals surface area contributed by atoms with Gasteiger partial charge in [0.1, 0.15) is 6.04 Å². The lowest BCUT2D eigenvalue weighted by molar-refractivity contribution is -0.147. The van der Waals surface area contributed by atoms with E-state index in [1.54, 1.807) is 11.8 Å². The third kappa shape index (κ3) is 2.56. The highest BCUT2D eigenvalue weighted by atomic mass is 32.2. The van der Waals surface area contributed by atoms with Crippen LogP contribution in [-0.2, 0) is 14.3 Å². The van der Waals surface area contributed by atoms with E-state index in [2.05, 4.69) is 10.3 Å². The zero-order valence-electron chi connectivity index (χ0n) is 11.6. The van der Waals surface area contributed by atoms with Crippen molar-refractivity contribution in [3.8, 4) is 0 Å². The van der Waals surface area contributed by atoms with Crippen molar-refractivity contribution in [3.05, 3.63) is 0 Å². The second kappa shape index (κ2) is 5.37. The number of hydrogen-bond acceptors (Lipinski definition) is 5. The number of carbonyl (C=O) groups is 2. The maximum atomic E-state index is 12.0. The van der Waals surface area contributed by atoms with Crippen LogP contribution in [0, 0.1) is 0 Å². The van der Waals surface area contributed by atoms with Crippen LogP contribution in [0.3, 0.4) is 0 Å². The summed E-state index contributed by atoms with van der Waals surface area (Å²) >= 11 is 1.67. The molecule has 0 aromatic heterocycles. The van der Waals surface area contributed by atoms with E-state index >= 15 is 0 Å². The van der Waals surface area contributed by atoms with E-state index in [4.69, 9.17) is 4.74 Å². The van der Waals surface area contributed by atoms with Gasteiger partial charge >= 0.3 is 0 Å². The van der Waals surface area contributed by atoms with Crippen molar-refractivity contribution in [2.45, 2.75) is 37.3 Å². The number of hydrogen-bond donors (Lipinski definition) is 1. The van der Waals surface area contributed by atoms with Gasteiger partial charge in [-0.15, -0.1) is 0 Å². The second-order valence-corrected chi connectivity index (χ2v) is 6.55. The molecule has 0 aromatic carbocycles. The molecular weight excluding hydrogens is 278 g/mol. The summed E-state index contributed by atoms with van der Waals surface area (Å²) in [6, 6.07) is -0.414. The average molecular weight is 297 g/mol. The van der Waals surface area contributed by atoms with Gasteiger partial charge in [0.15, 0.2) is 5.17 Å². The molecule has 3 fully saturated rings. The van der Waals surface area contributed by atoms with Gasteiger partial charge < -0.3 is 10.1 Å². The summed E-state index contributed by atoms with van der Waals surface area (Å²) in [6.45, 7) is 1.56. The molecule has 0 aliphatic carbocycles. The van der Waals surface area contributed by atoms with Crippen molar-refractivity contribution in [1.29, 1.82) is 0 Å². The molecule has 7 heteroatoms. The molecule has 0 saturated carbocycles. The standard InChI is InChI=1S/C13H19N3O3S/c1-16-10(17)3-2-9(11(16)18)14-12-15-13(8-20-12)4-6-19-7-5-13/h9H,2-8H2,1H3,(H,14,15). The summed E-state index contributed by atoms with van der Waals surface area (Å²) in [5, 5.41) is 4.32. The largest absolute Gasteiger partial charge is 0.381 e. The highest BCUT2D eigenvalue weighted by Crippen LogP contribution is 2.32. The number of carbonyl (C=O) groups excluding carboxylic acids is 2. The minimum atomic E-state index is -0.414. The zero-order valence-corrected chi connectivity index (χ0v) is 12.4. The van der Waals surface area contributed by atoms with Crippen LogP contribution in [0.1, 0.15) is 25.7 Å².